The van der Waals surface area contributed by atoms with Gasteiger partial charge in [-0.1, -0.05) is 91.0 Å². The molecule has 0 aliphatic rings. The maximum atomic E-state index is 2.33. The van der Waals surface area contributed by atoms with Gasteiger partial charge < -0.3 is 0 Å². The summed E-state index contributed by atoms with van der Waals surface area (Å²) in [6, 6.07) is 39.1. The standard InChI is InChI=1S/C26H18/c1-3-8-19(9-4-1)21-14-15-22-16-23-12-7-13-25(20-10-5-2-6-11-20)26(23)18-24(22)17-21/h1-18H. The molecule has 5 aromatic carbocycles. The van der Waals surface area contributed by atoms with E-state index in [1.807, 2.05) is 0 Å². The first kappa shape index (κ1) is 14.9. The molecule has 0 spiro atoms. The highest BCUT2D eigenvalue weighted by Gasteiger charge is 2.06. The second-order valence-electron chi connectivity index (χ2n) is 6.67. The SMILES string of the molecule is c1ccc(-c2ccc3cc4cccc(-c5ccccc5)c4cc3c2)cc1. The van der Waals surface area contributed by atoms with E-state index in [1.54, 1.807) is 0 Å². The summed E-state index contributed by atoms with van der Waals surface area (Å²) in [5, 5.41) is 5.15. The summed E-state index contributed by atoms with van der Waals surface area (Å²) in [4.78, 5) is 0. The Balaban J connectivity index is 1.76. The van der Waals surface area contributed by atoms with Gasteiger partial charge in [-0.2, -0.15) is 0 Å². The van der Waals surface area contributed by atoms with Crippen LogP contribution in [0.2, 0.25) is 0 Å². The van der Waals surface area contributed by atoms with Gasteiger partial charge >= 0.3 is 0 Å². The first-order chi connectivity index (χ1) is 12.9. The molecule has 0 radical (unpaired) electrons. The van der Waals surface area contributed by atoms with Crippen molar-refractivity contribution in [2.45, 2.75) is 0 Å². The minimum Gasteiger partial charge on any atom is -0.0622 e. The van der Waals surface area contributed by atoms with Gasteiger partial charge in [0.2, 0.25) is 0 Å². The molecule has 0 saturated carbocycles. The van der Waals surface area contributed by atoms with Crippen LogP contribution in [-0.4, -0.2) is 0 Å². The van der Waals surface area contributed by atoms with Crippen molar-refractivity contribution in [3.63, 3.8) is 0 Å². The molecule has 0 fully saturated rings. The third-order valence-electron chi connectivity index (χ3n) is 5.03. The van der Waals surface area contributed by atoms with E-state index < -0.39 is 0 Å². The fraction of sp³-hybridized carbons (Fsp3) is 0. The molecular formula is C26H18. The Morgan fingerprint density at radius 2 is 1.08 bits per heavy atom. The lowest BCUT2D eigenvalue weighted by atomic mass is 9.94. The van der Waals surface area contributed by atoms with Gasteiger partial charge in [0.05, 0.1) is 0 Å². The largest absolute Gasteiger partial charge is 0.0622 e. The van der Waals surface area contributed by atoms with Gasteiger partial charge in [0, 0.05) is 0 Å². The van der Waals surface area contributed by atoms with E-state index in [4.69, 9.17) is 0 Å². The maximum absolute atomic E-state index is 2.33. The maximum Gasteiger partial charge on any atom is -0.00990 e. The van der Waals surface area contributed by atoms with Crippen LogP contribution in [0.1, 0.15) is 0 Å². The van der Waals surface area contributed by atoms with Gasteiger partial charge in [-0.25, -0.2) is 0 Å². The fourth-order valence-electron chi connectivity index (χ4n) is 3.70. The van der Waals surface area contributed by atoms with Gasteiger partial charge in [-0.15, -0.1) is 0 Å². The second kappa shape index (κ2) is 6.16. The molecule has 0 saturated heterocycles. The van der Waals surface area contributed by atoms with Gasteiger partial charge in [0.1, 0.15) is 0 Å². The lowest BCUT2D eigenvalue weighted by molar-refractivity contribution is 1.64. The molecule has 5 rings (SSSR count). The van der Waals surface area contributed by atoms with E-state index >= 15 is 0 Å². The third-order valence-corrected chi connectivity index (χ3v) is 5.03. The Morgan fingerprint density at radius 3 is 1.85 bits per heavy atom. The molecular weight excluding hydrogens is 312 g/mol. The van der Waals surface area contributed by atoms with Crippen molar-refractivity contribution in [3.05, 3.63) is 109 Å². The Kier molecular flexibility index (Phi) is 3.54. The molecule has 0 nitrogen and oxygen atoms in total. The molecule has 5 aromatic rings. The number of rotatable bonds is 2. The van der Waals surface area contributed by atoms with Crippen LogP contribution in [0.3, 0.4) is 0 Å². The van der Waals surface area contributed by atoms with E-state index in [2.05, 4.69) is 109 Å². The summed E-state index contributed by atoms with van der Waals surface area (Å²) in [5.41, 5.74) is 5.06. The normalized spacial score (nSPS) is 11.1. The Hall–Kier alpha value is -3.38. The van der Waals surface area contributed by atoms with Crippen molar-refractivity contribution in [1.29, 1.82) is 0 Å². The highest BCUT2D eigenvalue weighted by Crippen LogP contribution is 2.33. The van der Waals surface area contributed by atoms with Crippen molar-refractivity contribution < 1.29 is 0 Å². The fourth-order valence-corrected chi connectivity index (χ4v) is 3.70. The summed E-state index contributed by atoms with van der Waals surface area (Å²) in [5.74, 6) is 0. The van der Waals surface area contributed by atoms with Crippen LogP contribution < -0.4 is 0 Å². The molecule has 0 atom stereocenters. The topological polar surface area (TPSA) is 0 Å². The number of fused-ring (bicyclic) bond motifs is 2. The molecule has 0 N–H and O–H groups in total. The Morgan fingerprint density at radius 1 is 0.346 bits per heavy atom. The monoisotopic (exact) mass is 330 g/mol. The molecule has 0 aliphatic carbocycles. The van der Waals surface area contributed by atoms with Crippen molar-refractivity contribution in [1.82, 2.24) is 0 Å². The van der Waals surface area contributed by atoms with Gasteiger partial charge in [0.15, 0.2) is 0 Å². The zero-order valence-electron chi connectivity index (χ0n) is 14.4. The highest BCUT2D eigenvalue weighted by molar-refractivity contribution is 6.05. The summed E-state index contributed by atoms with van der Waals surface area (Å²) in [7, 11) is 0. The minimum atomic E-state index is 1.26. The smallest absolute Gasteiger partial charge is 0.00990 e. The average molecular weight is 330 g/mol. The first-order valence-electron chi connectivity index (χ1n) is 8.96. The molecule has 0 aromatic heterocycles. The van der Waals surface area contributed by atoms with Crippen LogP contribution in [0.15, 0.2) is 109 Å². The number of hydrogen-bond donors (Lipinski definition) is 0. The number of benzene rings is 5. The number of hydrogen-bond acceptors (Lipinski definition) is 0. The quantitative estimate of drug-likeness (QED) is 0.297. The van der Waals surface area contributed by atoms with Crippen molar-refractivity contribution in [3.8, 4) is 22.3 Å². The molecule has 0 heterocycles. The van der Waals surface area contributed by atoms with E-state index in [0.29, 0.717) is 0 Å². The molecule has 0 heteroatoms. The van der Waals surface area contributed by atoms with Crippen LogP contribution in [0.4, 0.5) is 0 Å². The van der Waals surface area contributed by atoms with Crippen LogP contribution in [-0.2, 0) is 0 Å². The van der Waals surface area contributed by atoms with E-state index in [1.165, 1.54) is 43.8 Å². The Bertz CT molecular complexity index is 1200. The predicted octanol–water partition coefficient (Wildman–Crippen LogP) is 7.33. The van der Waals surface area contributed by atoms with Crippen molar-refractivity contribution in [2.24, 2.45) is 0 Å². The summed E-state index contributed by atoms with van der Waals surface area (Å²) in [6.07, 6.45) is 0. The zero-order valence-corrected chi connectivity index (χ0v) is 14.4. The first-order valence-corrected chi connectivity index (χ1v) is 8.96. The van der Waals surface area contributed by atoms with E-state index in [9.17, 15) is 0 Å². The summed E-state index contributed by atoms with van der Waals surface area (Å²) >= 11 is 0. The van der Waals surface area contributed by atoms with E-state index in [-0.39, 0.29) is 0 Å². The molecule has 122 valence electrons. The lowest BCUT2D eigenvalue weighted by Gasteiger charge is -2.10. The van der Waals surface area contributed by atoms with Crippen LogP contribution in [0, 0.1) is 0 Å². The average Bonchev–Trinajstić information content (AvgIpc) is 2.73. The predicted molar refractivity (Wildman–Crippen MR) is 112 cm³/mol. The van der Waals surface area contributed by atoms with Gasteiger partial charge in [-0.05, 0) is 62.0 Å². The van der Waals surface area contributed by atoms with Gasteiger partial charge in [0.25, 0.3) is 0 Å². The molecule has 0 bridgehead atoms. The molecule has 0 amide bonds. The molecule has 26 heavy (non-hydrogen) atoms. The van der Waals surface area contributed by atoms with Crippen molar-refractivity contribution >= 4 is 21.5 Å². The molecule has 0 aliphatic heterocycles. The van der Waals surface area contributed by atoms with Crippen LogP contribution in [0.5, 0.6) is 0 Å². The summed E-state index contributed by atoms with van der Waals surface area (Å²) in [6.45, 7) is 0. The Labute approximate surface area is 153 Å². The summed E-state index contributed by atoms with van der Waals surface area (Å²) < 4.78 is 0. The zero-order chi connectivity index (χ0) is 17.3. The van der Waals surface area contributed by atoms with E-state index in [0.717, 1.165) is 0 Å². The second-order valence-corrected chi connectivity index (χ2v) is 6.67. The lowest BCUT2D eigenvalue weighted by Crippen LogP contribution is -1.84. The van der Waals surface area contributed by atoms with Gasteiger partial charge in [-0.3, -0.25) is 0 Å². The molecule has 0 unspecified atom stereocenters. The third kappa shape index (κ3) is 2.57. The van der Waals surface area contributed by atoms with Crippen LogP contribution in [0.25, 0.3) is 43.8 Å². The minimum absolute atomic E-state index is 1.26. The highest BCUT2D eigenvalue weighted by atomic mass is 14.1. The van der Waals surface area contributed by atoms with Crippen LogP contribution >= 0.6 is 0 Å². The van der Waals surface area contributed by atoms with Crippen molar-refractivity contribution in [2.75, 3.05) is 0 Å².